The number of hydrogen-bond acceptors (Lipinski definition) is 8. The maximum absolute atomic E-state index is 12.5. The zero-order valence-corrected chi connectivity index (χ0v) is 20.6. The van der Waals surface area contributed by atoms with Crippen LogP contribution in [0.15, 0.2) is 83.9 Å². The van der Waals surface area contributed by atoms with E-state index in [-0.39, 0.29) is 29.6 Å². The van der Waals surface area contributed by atoms with Crippen molar-refractivity contribution in [3.8, 4) is 5.75 Å². The van der Waals surface area contributed by atoms with Gasteiger partial charge in [-0.25, -0.2) is 9.79 Å². The summed E-state index contributed by atoms with van der Waals surface area (Å²) in [6.07, 6.45) is -0.0412. The van der Waals surface area contributed by atoms with Crippen LogP contribution in [0.25, 0.3) is 0 Å². The van der Waals surface area contributed by atoms with E-state index in [9.17, 15) is 19.2 Å². The molecular formula is C27H23N3O6S. The van der Waals surface area contributed by atoms with Gasteiger partial charge in [0.05, 0.1) is 18.4 Å². The molecule has 10 heteroatoms. The number of nitrogens with one attached hydrogen (secondary N) is 2. The molecule has 188 valence electrons. The van der Waals surface area contributed by atoms with Gasteiger partial charge < -0.3 is 20.1 Å². The maximum Gasteiger partial charge on any atom is 0.338 e. The molecule has 3 aromatic carbocycles. The molecule has 1 heterocycles. The molecule has 0 aromatic heterocycles. The van der Waals surface area contributed by atoms with Crippen LogP contribution in [0, 0.1) is 0 Å². The lowest BCUT2D eigenvalue weighted by atomic mass is 10.1. The van der Waals surface area contributed by atoms with Gasteiger partial charge in [-0.05, 0) is 48.5 Å². The van der Waals surface area contributed by atoms with Crippen molar-refractivity contribution in [2.75, 3.05) is 19.0 Å². The fraction of sp³-hybridized carbons (Fsp3) is 0.148. The molecule has 4 rings (SSSR count). The van der Waals surface area contributed by atoms with Crippen LogP contribution in [-0.2, 0) is 14.3 Å². The first kappa shape index (κ1) is 25.6. The van der Waals surface area contributed by atoms with Gasteiger partial charge in [-0.15, -0.1) is 0 Å². The van der Waals surface area contributed by atoms with E-state index >= 15 is 0 Å². The van der Waals surface area contributed by atoms with Gasteiger partial charge in [0.25, 0.3) is 0 Å². The van der Waals surface area contributed by atoms with Crippen LogP contribution < -0.4 is 15.4 Å². The second-order valence-corrected chi connectivity index (χ2v) is 9.10. The number of ether oxygens (including phenoxy) is 2. The number of hydrogen-bond donors (Lipinski definition) is 2. The fourth-order valence-corrected chi connectivity index (χ4v) is 4.36. The SMILES string of the molecule is COc1cccc(C(=O)COC(=O)c2ccc(NC(=O)C[C@@H]3SC(=Nc4ccccc4)NC3=O)cc2)c1. The number of amides is 2. The minimum Gasteiger partial charge on any atom is -0.497 e. The third-order valence-corrected chi connectivity index (χ3v) is 6.35. The van der Waals surface area contributed by atoms with E-state index < -0.39 is 17.8 Å². The van der Waals surface area contributed by atoms with E-state index in [1.54, 1.807) is 36.4 Å². The molecule has 37 heavy (non-hydrogen) atoms. The third-order valence-electron chi connectivity index (χ3n) is 5.26. The van der Waals surface area contributed by atoms with Crippen molar-refractivity contribution in [1.82, 2.24) is 5.32 Å². The molecular weight excluding hydrogens is 494 g/mol. The zero-order valence-electron chi connectivity index (χ0n) is 19.8. The van der Waals surface area contributed by atoms with Crippen molar-refractivity contribution in [2.45, 2.75) is 11.7 Å². The van der Waals surface area contributed by atoms with Crippen molar-refractivity contribution in [1.29, 1.82) is 0 Å². The van der Waals surface area contributed by atoms with E-state index in [4.69, 9.17) is 9.47 Å². The minimum absolute atomic E-state index is 0.0412. The number of para-hydroxylation sites is 1. The van der Waals surface area contributed by atoms with E-state index in [0.717, 1.165) is 0 Å². The first-order valence-electron chi connectivity index (χ1n) is 11.3. The molecule has 0 saturated carbocycles. The molecule has 1 saturated heterocycles. The van der Waals surface area contributed by atoms with Crippen molar-refractivity contribution in [3.05, 3.63) is 90.0 Å². The molecule has 0 unspecified atom stereocenters. The third kappa shape index (κ3) is 7.05. The average molecular weight is 518 g/mol. The standard InChI is InChI=1S/C27H23N3O6S/c1-35-21-9-5-6-18(14-21)22(31)16-36-26(34)17-10-12-20(13-11-17)28-24(32)15-23-25(33)30-27(37-23)29-19-7-3-2-4-8-19/h2-14,23H,15-16H2,1H3,(H,28,32)(H,29,30,33)/t23-/m0/s1. The number of aliphatic imine (C=N–C) groups is 1. The Kier molecular flexibility index (Phi) is 8.32. The first-order chi connectivity index (χ1) is 17.9. The van der Waals surface area contributed by atoms with E-state index in [1.165, 1.54) is 31.0 Å². The molecule has 9 nitrogen and oxygen atoms in total. The number of ketones is 1. The van der Waals surface area contributed by atoms with Crippen LogP contribution in [0.5, 0.6) is 5.75 Å². The van der Waals surface area contributed by atoms with Crippen molar-refractivity contribution >= 4 is 51.9 Å². The first-order valence-corrected chi connectivity index (χ1v) is 12.1. The summed E-state index contributed by atoms with van der Waals surface area (Å²) in [4.78, 5) is 53.7. The number of esters is 1. The topological polar surface area (TPSA) is 123 Å². The van der Waals surface area contributed by atoms with Gasteiger partial charge >= 0.3 is 5.97 Å². The lowest BCUT2D eigenvalue weighted by Gasteiger charge is -2.09. The lowest BCUT2D eigenvalue weighted by Crippen LogP contribution is -2.28. The number of carbonyl (C=O) groups excluding carboxylic acids is 4. The second kappa shape index (κ2) is 12.0. The van der Waals surface area contributed by atoms with Crippen LogP contribution in [-0.4, -0.2) is 47.7 Å². The van der Waals surface area contributed by atoms with Crippen LogP contribution in [0.4, 0.5) is 11.4 Å². The minimum atomic E-state index is -0.668. The summed E-state index contributed by atoms with van der Waals surface area (Å²) in [6.45, 7) is -0.416. The maximum atomic E-state index is 12.5. The molecule has 0 bridgehead atoms. The van der Waals surface area contributed by atoms with Crippen molar-refractivity contribution in [3.63, 3.8) is 0 Å². The predicted molar refractivity (Wildman–Crippen MR) is 140 cm³/mol. The molecule has 0 spiro atoms. The summed E-state index contributed by atoms with van der Waals surface area (Å²) < 4.78 is 10.2. The molecule has 1 aliphatic heterocycles. The number of nitrogens with zero attached hydrogens (tertiary/aromatic N) is 1. The second-order valence-electron chi connectivity index (χ2n) is 7.91. The number of Topliss-reactive ketones (excluding diaryl/α,β-unsaturated/α-hetero) is 1. The molecule has 0 radical (unpaired) electrons. The highest BCUT2D eigenvalue weighted by molar-refractivity contribution is 8.15. The Balaban J connectivity index is 1.26. The number of rotatable bonds is 9. The summed E-state index contributed by atoms with van der Waals surface area (Å²) in [5.74, 6) is -1.13. The molecule has 1 aliphatic rings. The van der Waals surface area contributed by atoms with E-state index in [2.05, 4.69) is 15.6 Å². The van der Waals surface area contributed by atoms with Gasteiger partial charge in [0.1, 0.15) is 11.0 Å². The monoisotopic (exact) mass is 517 g/mol. The highest BCUT2D eigenvalue weighted by Crippen LogP contribution is 2.25. The predicted octanol–water partition coefficient (Wildman–Crippen LogP) is 3.98. The van der Waals surface area contributed by atoms with E-state index in [0.29, 0.717) is 27.9 Å². The number of carbonyl (C=O) groups is 4. The van der Waals surface area contributed by atoms with Crippen LogP contribution in [0.2, 0.25) is 0 Å². The Labute approximate surface area is 217 Å². The number of anilines is 1. The average Bonchev–Trinajstić information content (AvgIpc) is 3.25. The Morgan fingerprint density at radius 3 is 2.46 bits per heavy atom. The molecule has 2 N–H and O–H groups in total. The van der Waals surface area contributed by atoms with Gasteiger partial charge in [-0.2, -0.15) is 0 Å². The highest BCUT2D eigenvalue weighted by Gasteiger charge is 2.32. The van der Waals surface area contributed by atoms with Crippen LogP contribution >= 0.6 is 11.8 Å². The number of benzene rings is 3. The smallest absolute Gasteiger partial charge is 0.338 e. The van der Waals surface area contributed by atoms with Crippen molar-refractivity contribution < 1.29 is 28.7 Å². The number of thioether (sulfide) groups is 1. The van der Waals surface area contributed by atoms with Gasteiger partial charge in [0.2, 0.25) is 11.8 Å². The zero-order chi connectivity index (χ0) is 26.2. The van der Waals surface area contributed by atoms with Crippen LogP contribution in [0.3, 0.4) is 0 Å². The molecule has 3 aromatic rings. The number of methoxy groups -OCH3 is 1. The Hall–Kier alpha value is -4.44. The number of amidine groups is 1. The summed E-state index contributed by atoms with van der Waals surface area (Å²) in [5.41, 5.74) is 1.76. The Bertz CT molecular complexity index is 1340. The summed E-state index contributed by atoms with van der Waals surface area (Å²) >= 11 is 1.20. The van der Waals surface area contributed by atoms with E-state index in [1.807, 2.05) is 30.3 Å². The molecule has 0 aliphatic carbocycles. The van der Waals surface area contributed by atoms with Crippen LogP contribution in [0.1, 0.15) is 27.1 Å². The molecule has 2 amide bonds. The quantitative estimate of drug-likeness (QED) is 0.325. The fourth-order valence-electron chi connectivity index (χ4n) is 3.38. The van der Waals surface area contributed by atoms with Gasteiger partial charge in [-0.3, -0.25) is 14.4 Å². The van der Waals surface area contributed by atoms with Gasteiger partial charge in [-0.1, -0.05) is 42.1 Å². The Morgan fingerprint density at radius 1 is 0.973 bits per heavy atom. The summed E-state index contributed by atoms with van der Waals surface area (Å²) in [5, 5.41) is 5.25. The normalized spacial score (nSPS) is 15.6. The molecule has 1 fully saturated rings. The summed E-state index contributed by atoms with van der Waals surface area (Å²) in [6, 6.07) is 21.8. The highest BCUT2D eigenvalue weighted by atomic mass is 32.2. The lowest BCUT2D eigenvalue weighted by molar-refractivity contribution is -0.122. The summed E-state index contributed by atoms with van der Waals surface area (Å²) in [7, 11) is 1.50. The molecule has 1 atom stereocenters. The van der Waals surface area contributed by atoms with Gasteiger partial charge in [0, 0.05) is 17.7 Å². The van der Waals surface area contributed by atoms with Gasteiger partial charge in [0.15, 0.2) is 17.6 Å². The largest absolute Gasteiger partial charge is 0.497 e. The van der Waals surface area contributed by atoms with Crippen molar-refractivity contribution in [2.24, 2.45) is 4.99 Å². The Morgan fingerprint density at radius 2 is 1.73 bits per heavy atom.